The van der Waals surface area contributed by atoms with Gasteiger partial charge in [0.25, 0.3) is 0 Å². The third-order valence-corrected chi connectivity index (χ3v) is 4.00. The summed E-state index contributed by atoms with van der Waals surface area (Å²) >= 11 is 0. The predicted octanol–water partition coefficient (Wildman–Crippen LogP) is 2.10. The van der Waals surface area contributed by atoms with Crippen molar-refractivity contribution >= 4 is 0 Å². The fraction of sp³-hybridized carbons (Fsp3) is 0.571. The molecule has 16 heavy (non-hydrogen) atoms. The highest BCUT2D eigenvalue weighted by Crippen LogP contribution is 2.28. The van der Waals surface area contributed by atoms with Crippen molar-refractivity contribution < 1.29 is 0 Å². The summed E-state index contributed by atoms with van der Waals surface area (Å²) in [5.74, 6) is 0.751. The van der Waals surface area contributed by atoms with Gasteiger partial charge in [-0.25, -0.2) is 0 Å². The molecule has 2 aliphatic heterocycles. The summed E-state index contributed by atoms with van der Waals surface area (Å²) in [6, 6.07) is 7.14. The molecule has 0 radical (unpaired) electrons. The van der Waals surface area contributed by atoms with Crippen LogP contribution in [-0.4, -0.2) is 24.5 Å². The molecular formula is C14H20N2. The van der Waals surface area contributed by atoms with E-state index in [4.69, 9.17) is 0 Å². The summed E-state index contributed by atoms with van der Waals surface area (Å²) < 4.78 is 0. The lowest BCUT2D eigenvalue weighted by Crippen LogP contribution is -2.14. The molecule has 2 heteroatoms. The van der Waals surface area contributed by atoms with Gasteiger partial charge in [0.2, 0.25) is 0 Å². The van der Waals surface area contributed by atoms with Crippen molar-refractivity contribution in [3.63, 3.8) is 0 Å². The topological polar surface area (TPSA) is 15.3 Å². The Morgan fingerprint density at radius 2 is 2.19 bits per heavy atom. The summed E-state index contributed by atoms with van der Waals surface area (Å²) in [7, 11) is 0. The van der Waals surface area contributed by atoms with E-state index < -0.39 is 0 Å². The van der Waals surface area contributed by atoms with Crippen molar-refractivity contribution in [3.8, 4) is 0 Å². The SMILES string of the molecule is CCN1Cc2ccc(C3CCNC3)cc2C1. The molecule has 1 aromatic carbocycles. The summed E-state index contributed by atoms with van der Waals surface area (Å²) in [5, 5.41) is 3.45. The maximum atomic E-state index is 3.45. The maximum Gasteiger partial charge on any atom is 0.0240 e. The second-order valence-electron chi connectivity index (χ2n) is 5.02. The Morgan fingerprint density at radius 3 is 2.94 bits per heavy atom. The highest BCUT2D eigenvalue weighted by molar-refractivity contribution is 5.36. The van der Waals surface area contributed by atoms with Crippen molar-refractivity contribution in [1.82, 2.24) is 10.2 Å². The van der Waals surface area contributed by atoms with Crippen LogP contribution >= 0.6 is 0 Å². The Balaban J connectivity index is 1.84. The molecule has 1 fully saturated rings. The quantitative estimate of drug-likeness (QED) is 0.814. The monoisotopic (exact) mass is 216 g/mol. The van der Waals surface area contributed by atoms with E-state index in [1.54, 1.807) is 11.1 Å². The van der Waals surface area contributed by atoms with Gasteiger partial charge in [0.05, 0.1) is 0 Å². The average molecular weight is 216 g/mol. The molecule has 1 N–H and O–H groups in total. The minimum Gasteiger partial charge on any atom is -0.316 e. The fourth-order valence-corrected chi connectivity index (χ4v) is 2.90. The summed E-state index contributed by atoms with van der Waals surface area (Å²) in [5.41, 5.74) is 4.64. The van der Waals surface area contributed by atoms with Crippen LogP contribution in [0.4, 0.5) is 0 Å². The minimum absolute atomic E-state index is 0.751. The lowest BCUT2D eigenvalue weighted by atomic mass is 9.95. The molecule has 0 saturated carbocycles. The second kappa shape index (κ2) is 4.19. The predicted molar refractivity (Wildman–Crippen MR) is 66.5 cm³/mol. The van der Waals surface area contributed by atoms with E-state index in [0.717, 1.165) is 32.1 Å². The van der Waals surface area contributed by atoms with Gasteiger partial charge in [0.15, 0.2) is 0 Å². The van der Waals surface area contributed by atoms with Gasteiger partial charge in [-0.3, -0.25) is 4.90 Å². The van der Waals surface area contributed by atoms with Gasteiger partial charge in [-0.1, -0.05) is 25.1 Å². The summed E-state index contributed by atoms with van der Waals surface area (Å²) in [4.78, 5) is 2.50. The van der Waals surface area contributed by atoms with E-state index in [0.29, 0.717) is 0 Å². The first-order valence-corrected chi connectivity index (χ1v) is 6.41. The molecule has 0 amide bonds. The highest BCUT2D eigenvalue weighted by atomic mass is 15.1. The van der Waals surface area contributed by atoms with Crippen molar-refractivity contribution in [1.29, 1.82) is 0 Å². The van der Waals surface area contributed by atoms with E-state index in [-0.39, 0.29) is 0 Å². The van der Waals surface area contributed by atoms with Crippen LogP contribution in [0.15, 0.2) is 18.2 Å². The van der Waals surface area contributed by atoms with Gasteiger partial charge in [0.1, 0.15) is 0 Å². The Morgan fingerprint density at radius 1 is 1.31 bits per heavy atom. The van der Waals surface area contributed by atoms with E-state index >= 15 is 0 Å². The molecule has 3 rings (SSSR count). The lowest BCUT2D eigenvalue weighted by Gasteiger charge is -2.10. The Hall–Kier alpha value is -0.860. The average Bonchev–Trinajstić information content (AvgIpc) is 2.96. The number of rotatable bonds is 2. The molecule has 0 spiro atoms. The lowest BCUT2D eigenvalue weighted by molar-refractivity contribution is 0.301. The van der Waals surface area contributed by atoms with Crippen molar-refractivity contribution in [2.75, 3.05) is 19.6 Å². The largest absolute Gasteiger partial charge is 0.316 e. The van der Waals surface area contributed by atoms with Crippen LogP contribution in [0.1, 0.15) is 36.0 Å². The Bertz CT molecular complexity index is 380. The van der Waals surface area contributed by atoms with Gasteiger partial charge in [-0.2, -0.15) is 0 Å². The Kier molecular flexibility index (Phi) is 2.70. The zero-order chi connectivity index (χ0) is 11.0. The van der Waals surface area contributed by atoms with Crippen LogP contribution in [0.5, 0.6) is 0 Å². The minimum atomic E-state index is 0.751. The number of nitrogens with one attached hydrogen (secondary N) is 1. The molecule has 2 heterocycles. The van der Waals surface area contributed by atoms with Crippen LogP contribution in [0.2, 0.25) is 0 Å². The van der Waals surface area contributed by atoms with E-state index in [9.17, 15) is 0 Å². The van der Waals surface area contributed by atoms with E-state index in [1.807, 2.05) is 0 Å². The van der Waals surface area contributed by atoms with Crippen molar-refractivity contribution in [3.05, 3.63) is 34.9 Å². The van der Waals surface area contributed by atoms with Gasteiger partial charge in [-0.05, 0) is 42.1 Å². The fourth-order valence-electron chi connectivity index (χ4n) is 2.90. The first-order chi connectivity index (χ1) is 7.86. The van der Waals surface area contributed by atoms with Crippen molar-refractivity contribution in [2.24, 2.45) is 0 Å². The number of fused-ring (bicyclic) bond motifs is 1. The molecule has 0 bridgehead atoms. The highest BCUT2D eigenvalue weighted by Gasteiger charge is 2.21. The Labute approximate surface area is 97.6 Å². The molecule has 2 nitrogen and oxygen atoms in total. The van der Waals surface area contributed by atoms with Gasteiger partial charge < -0.3 is 5.32 Å². The van der Waals surface area contributed by atoms with Crippen molar-refractivity contribution in [2.45, 2.75) is 32.4 Å². The summed E-state index contributed by atoms with van der Waals surface area (Å²) in [6.07, 6.45) is 1.30. The smallest absolute Gasteiger partial charge is 0.0240 e. The molecule has 86 valence electrons. The first kappa shape index (κ1) is 10.3. The normalized spacial score (nSPS) is 24.9. The first-order valence-electron chi connectivity index (χ1n) is 6.41. The zero-order valence-electron chi connectivity index (χ0n) is 10.00. The van der Waals surface area contributed by atoms with Gasteiger partial charge in [0, 0.05) is 19.6 Å². The molecule has 0 aliphatic carbocycles. The van der Waals surface area contributed by atoms with Crippen LogP contribution in [0.3, 0.4) is 0 Å². The molecule has 1 aromatic rings. The molecule has 0 aromatic heterocycles. The van der Waals surface area contributed by atoms with Crippen LogP contribution in [0, 0.1) is 0 Å². The number of hydrogen-bond donors (Lipinski definition) is 1. The van der Waals surface area contributed by atoms with Crippen LogP contribution < -0.4 is 5.32 Å². The number of hydrogen-bond acceptors (Lipinski definition) is 2. The third kappa shape index (κ3) is 1.76. The second-order valence-corrected chi connectivity index (χ2v) is 5.02. The molecule has 2 aliphatic rings. The summed E-state index contributed by atoms with van der Waals surface area (Å²) in [6.45, 7) is 8.05. The molecule has 1 unspecified atom stereocenters. The number of benzene rings is 1. The van der Waals surface area contributed by atoms with Crippen LogP contribution in [0.25, 0.3) is 0 Å². The van der Waals surface area contributed by atoms with E-state index in [1.165, 1.54) is 18.5 Å². The molecule has 1 saturated heterocycles. The molecular weight excluding hydrogens is 196 g/mol. The van der Waals surface area contributed by atoms with Gasteiger partial charge in [-0.15, -0.1) is 0 Å². The number of nitrogens with zero attached hydrogens (tertiary/aromatic N) is 1. The molecule has 1 atom stereocenters. The van der Waals surface area contributed by atoms with Crippen LogP contribution in [-0.2, 0) is 13.1 Å². The maximum absolute atomic E-state index is 3.45. The third-order valence-electron chi connectivity index (χ3n) is 4.00. The standard InChI is InChI=1S/C14H20N2/c1-2-16-9-13-4-3-11(7-14(13)10-16)12-5-6-15-8-12/h3-4,7,12,15H,2,5-6,8-10H2,1H3. The zero-order valence-corrected chi connectivity index (χ0v) is 10.00. The van der Waals surface area contributed by atoms with Gasteiger partial charge >= 0.3 is 0 Å². The van der Waals surface area contributed by atoms with E-state index in [2.05, 4.69) is 35.3 Å².